The third kappa shape index (κ3) is 3.12. The number of nitrogens with zero attached hydrogens (tertiary/aromatic N) is 4. The highest BCUT2D eigenvalue weighted by molar-refractivity contribution is 7.18. The summed E-state index contributed by atoms with van der Waals surface area (Å²) < 4.78 is 10.8. The predicted molar refractivity (Wildman–Crippen MR) is 118 cm³/mol. The van der Waals surface area contributed by atoms with Gasteiger partial charge in [0.25, 0.3) is 0 Å². The van der Waals surface area contributed by atoms with E-state index < -0.39 is 11.4 Å². The number of carbonyl (C=O) groups excluding carboxylic acids is 1. The number of alkyl halides is 1. The molecule has 2 atom stereocenters. The molecule has 8 nitrogen and oxygen atoms in total. The summed E-state index contributed by atoms with van der Waals surface area (Å²) in [5.74, 6) is 0.792. The Morgan fingerprint density at radius 3 is 2.84 bits per heavy atom. The molecule has 3 heterocycles. The van der Waals surface area contributed by atoms with Gasteiger partial charge in [0.1, 0.15) is 21.8 Å². The van der Waals surface area contributed by atoms with Gasteiger partial charge in [-0.15, -0.1) is 21.8 Å². The molecule has 0 saturated carbocycles. The molecule has 3 aliphatic rings. The van der Waals surface area contributed by atoms with E-state index >= 15 is 0 Å². The number of phenols is 1. The highest BCUT2D eigenvalue weighted by Gasteiger charge is 2.49. The lowest BCUT2D eigenvalue weighted by Gasteiger charge is -2.43. The van der Waals surface area contributed by atoms with Crippen molar-refractivity contribution >= 4 is 44.9 Å². The van der Waals surface area contributed by atoms with Crippen LogP contribution in [0.4, 0.5) is 5.13 Å². The number of methoxy groups -OCH3 is 1. The van der Waals surface area contributed by atoms with E-state index in [9.17, 15) is 9.90 Å². The largest absolute Gasteiger partial charge is 0.504 e. The second-order valence-electron chi connectivity index (χ2n) is 6.95. The van der Waals surface area contributed by atoms with Gasteiger partial charge in [0.2, 0.25) is 11.0 Å². The van der Waals surface area contributed by atoms with Crippen molar-refractivity contribution in [3.05, 3.63) is 42.0 Å². The first kappa shape index (κ1) is 19.8. The molecular formula is C21H17ClN4O4S. The molecule has 158 valence electrons. The number of amides is 1. The fourth-order valence-corrected chi connectivity index (χ4v) is 4.98. The van der Waals surface area contributed by atoms with Crippen molar-refractivity contribution in [2.75, 3.05) is 18.6 Å². The average molecular weight is 457 g/mol. The van der Waals surface area contributed by atoms with Gasteiger partial charge < -0.3 is 14.6 Å². The molecule has 2 aromatic rings. The lowest BCUT2D eigenvalue weighted by atomic mass is 9.93. The molecule has 0 radical (unpaired) electrons. The van der Waals surface area contributed by atoms with Crippen molar-refractivity contribution in [1.82, 2.24) is 15.2 Å². The zero-order chi connectivity index (χ0) is 21.7. The van der Waals surface area contributed by atoms with E-state index in [1.165, 1.54) is 29.4 Å². The fourth-order valence-electron chi connectivity index (χ4n) is 3.66. The molecule has 1 saturated heterocycles. The Bertz CT molecular complexity index is 1280. The zero-order valence-corrected chi connectivity index (χ0v) is 18.1. The molecule has 5 rings (SSSR count). The Labute approximate surface area is 186 Å². The number of aromatic hydroxyl groups is 1. The minimum Gasteiger partial charge on any atom is -0.504 e. The van der Waals surface area contributed by atoms with Gasteiger partial charge in [0.05, 0.1) is 25.3 Å². The maximum Gasteiger partial charge on any atom is 0.250 e. The van der Waals surface area contributed by atoms with Crippen LogP contribution in [0.3, 0.4) is 0 Å². The normalized spacial score (nSPS) is 18.4. The number of carbonyl (C=O) groups is 1. The summed E-state index contributed by atoms with van der Waals surface area (Å²) in [6, 6.07) is 10.1. The summed E-state index contributed by atoms with van der Waals surface area (Å²) in [6.07, 6.45) is 0. The van der Waals surface area contributed by atoms with Crippen LogP contribution in [-0.4, -0.2) is 45.3 Å². The molecule has 0 bridgehead atoms. The van der Waals surface area contributed by atoms with E-state index in [2.05, 4.69) is 15.2 Å². The minimum atomic E-state index is -0.751. The third-order valence-electron chi connectivity index (χ3n) is 5.16. The van der Waals surface area contributed by atoms with Crippen LogP contribution in [0.1, 0.15) is 18.5 Å². The maximum atomic E-state index is 12.6. The van der Waals surface area contributed by atoms with Gasteiger partial charge in [-0.2, -0.15) is 0 Å². The highest BCUT2D eigenvalue weighted by atomic mass is 35.5. The summed E-state index contributed by atoms with van der Waals surface area (Å²) in [7, 11) is 1.46. The molecule has 10 heteroatoms. The van der Waals surface area contributed by atoms with Gasteiger partial charge in [-0.25, -0.2) is 4.98 Å². The van der Waals surface area contributed by atoms with Crippen molar-refractivity contribution in [2.45, 2.75) is 18.3 Å². The van der Waals surface area contributed by atoms with Gasteiger partial charge >= 0.3 is 0 Å². The number of benzene rings is 2. The molecule has 0 spiro atoms. The Morgan fingerprint density at radius 1 is 1.23 bits per heavy atom. The fraction of sp³-hybridized carbons (Fsp3) is 0.238. The van der Waals surface area contributed by atoms with Crippen molar-refractivity contribution in [2.24, 2.45) is 0 Å². The number of hydrogen-bond acceptors (Lipinski definition) is 8. The van der Waals surface area contributed by atoms with Crippen molar-refractivity contribution in [3.63, 3.8) is 0 Å². The van der Waals surface area contributed by atoms with Gasteiger partial charge in [-0.05, 0) is 42.8 Å². The first-order chi connectivity index (χ1) is 15.0. The molecule has 2 unspecified atom stereocenters. The van der Waals surface area contributed by atoms with Gasteiger partial charge in [-0.1, -0.05) is 17.4 Å². The number of rotatable bonds is 5. The Balaban J connectivity index is 1.55. The molecule has 31 heavy (non-hydrogen) atoms. The first-order valence-electron chi connectivity index (χ1n) is 9.55. The highest BCUT2D eigenvalue weighted by Crippen LogP contribution is 2.46. The lowest BCUT2D eigenvalue weighted by Crippen LogP contribution is -2.56. The number of anilines is 1. The van der Waals surface area contributed by atoms with E-state index in [0.717, 1.165) is 22.2 Å². The predicted octanol–water partition coefficient (Wildman–Crippen LogP) is 4.00. The maximum absolute atomic E-state index is 12.6. The van der Waals surface area contributed by atoms with Gasteiger partial charge in [-0.3, -0.25) is 9.69 Å². The van der Waals surface area contributed by atoms with Crippen molar-refractivity contribution in [1.29, 1.82) is 0 Å². The summed E-state index contributed by atoms with van der Waals surface area (Å²) in [6.45, 7) is 2.49. The Morgan fingerprint density at radius 2 is 2.06 bits per heavy atom. The molecule has 1 N–H and O–H groups in total. The van der Waals surface area contributed by atoms with Crippen LogP contribution < -0.4 is 14.4 Å². The summed E-state index contributed by atoms with van der Waals surface area (Å²) in [5, 5.41) is 19.7. The van der Waals surface area contributed by atoms with E-state index in [0.29, 0.717) is 28.2 Å². The second kappa shape index (κ2) is 7.51. The Kier molecular flexibility index (Phi) is 4.79. The van der Waals surface area contributed by atoms with Gasteiger partial charge in [0, 0.05) is 5.39 Å². The molecular weight excluding hydrogens is 440 g/mol. The van der Waals surface area contributed by atoms with E-state index in [4.69, 9.17) is 21.1 Å². The summed E-state index contributed by atoms with van der Waals surface area (Å²) in [4.78, 5) is 18.7. The minimum absolute atomic E-state index is 0.0118. The van der Waals surface area contributed by atoms with Crippen LogP contribution in [0, 0.1) is 0 Å². The Hall–Kier alpha value is -3.17. The number of hydrogen-bond donors (Lipinski definition) is 1. The van der Waals surface area contributed by atoms with E-state index in [-0.39, 0.29) is 11.7 Å². The molecule has 3 aliphatic heterocycles. The van der Waals surface area contributed by atoms with Crippen molar-refractivity contribution < 1.29 is 19.4 Å². The standard InChI is InChI=1S/C21H17ClN4O4S/c1-3-30-11-5-6-13-12(9-11)17-19(23-13)31-21(25-24-17)26-18(16(22)20(26)28)10-4-7-14(27)15(8-10)29-2/h4-9,16,18,27H,3H2,1-2H3. The van der Waals surface area contributed by atoms with Crippen LogP contribution in [0.2, 0.25) is 0 Å². The molecule has 1 amide bonds. The van der Waals surface area contributed by atoms with Crippen molar-refractivity contribution in [3.8, 4) is 28.0 Å². The molecule has 1 fully saturated rings. The molecule has 0 aromatic heterocycles. The number of ether oxygens (including phenoxy) is 2. The quantitative estimate of drug-likeness (QED) is 0.358. The summed E-state index contributed by atoms with van der Waals surface area (Å²) >= 11 is 7.62. The number of β-lactam (4-membered cyclic amide) rings is 1. The van der Waals surface area contributed by atoms with E-state index in [1.807, 2.05) is 25.1 Å². The second-order valence-corrected chi connectivity index (χ2v) is 8.37. The van der Waals surface area contributed by atoms with Crippen LogP contribution in [-0.2, 0) is 4.79 Å². The topological polar surface area (TPSA) is 97.7 Å². The molecule has 0 aliphatic carbocycles. The smallest absolute Gasteiger partial charge is 0.250 e. The number of aromatic nitrogens is 3. The third-order valence-corrected chi connectivity index (χ3v) is 6.53. The zero-order valence-electron chi connectivity index (χ0n) is 16.6. The van der Waals surface area contributed by atoms with Crippen LogP contribution >= 0.6 is 22.9 Å². The van der Waals surface area contributed by atoms with Crippen LogP contribution in [0.15, 0.2) is 36.4 Å². The SMILES string of the molecule is CCOc1ccc2nc3sc(N4C(=O)C(Cl)C4c4ccc(O)c(OC)c4)nnc-3c2c1. The number of phenolic OH excluding ortho intramolecular Hbond substituents is 1. The number of fused-ring (bicyclic) bond motifs is 3. The molecule has 2 aromatic carbocycles. The van der Waals surface area contributed by atoms with E-state index in [1.54, 1.807) is 12.1 Å². The van der Waals surface area contributed by atoms with Crippen LogP contribution in [0.5, 0.6) is 17.2 Å². The monoisotopic (exact) mass is 456 g/mol. The summed E-state index contributed by atoms with van der Waals surface area (Å²) in [5.41, 5.74) is 2.17. The lowest BCUT2D eigenvalue weighted by molar-refractivity contribution is -0.123. The van der Waals surface area contributed by atoms with Gasteiger partial charge in [0.15, 0.2) is 11.5 Å². The average Bonchev–Trinajstić information content (AvgIpc) is 3.14. The first-order valence-corrected chi connectivity index (χ1v) is 10.8. The van der Waals surface area contributed by atoms with Crippen LogP contribution in [0.25, 0.3) is 21.6 Å². The number of halogens is 1.